The van der Waals surface area contributed by atoms with E-state index >= 15 is 0 Å². The van der Waals surface area contributed by atoms with Crippen LogP contribution in [0.4, 0.5) is 5.69 Å². The Balaban J connectivity index is 1.63. The van der Waals surface area contributed by atoms with Gasteiger partial charge in [-0.3, -0.25) is 9.59 Å². The van der Waals surface area contributed by atoms with Gasteiger partial charge in [0, 0.05) is 18.8 Å². The van der Waals surface area contributed by atoms with Crippen LogP contribution in [0.15, 0.2) is 54.6 Å². The third-order valence-electron chi connectivity index (χ3n) is 4.30. The molecule has 4 heteroatoms. The number of nitrogens with one attached hydrogen (secondary N) is 1. The lowest BCUT2D eigenvalue weighted by molar-refractivity contribution is -0.132. The van der Waals surface area contributed by atoms with Crippen LogP contribution >= 0.6 is 0 Å². The Morgan fingerprint density at radius 1 is 1.13 bits per heavy atom. The highest BCUT2D eigenvalue weighted by molar-refractivity contribution is 6.09. The SMILES string of the molecule is Cc1ccccc1CNC(=O)C1CCN(c2ccccc2)C1=O. The number of amides is 2. The van der Waals surface area contributed by atoms with Crippen LogP contribution in [0, 0.1) is 12.8 Å². The van der Waals surface area contributed by atoms with Gasteiger partial charge in [-0.15, -0.1) is 0 Å². The molecule has 1 unspecified atom stereocenters. The molecule has 0 spiro atoms. The molecule has 4 nitrogen and oxygen atoms in total. The van der Waals surface area contributed by atoms with Crippen LogP contribution in [-0.2, 0) is 16.1 Å². The van der Waals surface area contributed by atoms with Gasteiger partial charge in [0.1, 0.15) is 5.92 Å². The molecule has 2 amide bonds. The smallest absolute Gasteiger partial charge is 0.239 e. The molecule has 2 aromatic carbocycles. The summed E-state index contributed by atoms with van der Waals surface area (Å²) in [7, 11) is 0. The van der Waals surface area contributed by atoms with Gasteiger partial charge in [0.15, 0.2) is 0 Å². The van der Waals surface area contributed by atoms with Gasteiger partial charge in [-0.1, -0.05) is 42.5 Å². The zero-order chi connectivity index (χ0) is 16.2. The van der Waals surface area contributed by atoms with Crippen LogP contribution in [0.3, 0.4) is 0 Å². The highest BCUT2D eigenvalue weighted by Gasteiger charge is 2.37. The van der Waals surface area contributed by atoms with E-state index in [0.29, 0.717) is 19.5 Å². The monoisotopic (exact) mass is 308 g/mol. The molecule has 1 aliphatic heterocycles. The maximum absolute atomic E-state index is 12.5. The first-order valence-corrected chi connectivity index (χ1v) is 7.85. The molecule has 0 aliphatic carbocycles. The molecule has 1 atom stereocenters. The number of carbonyl (C=O) groups excluding carboxylic acids is 2. The summed E-state index contributed by atoms with van der Waals surface area (Å²) < 4.78 is 0. The number of benzene rings is 2. The molecule has 0 saturated carbocycles. The Morgan fingerprint density at radius 3 is 2.57 bits per heavy atom. The standard InChI is InChI=1S/C19H20N2O2/c1-14-7-5-6-8-15(14)13-20-18(22)17-11-12-21(19(17)23)16-9-3-2-4-10-16/h2-10,17H,11-13H2,1H3,(H,20,22). The van der Waals surface area contributed by atoms with E-state index in [1.165, 1.54) is 0 Å². The number of hydrogen-bond donors (Lipinski definition) is 1. The second-order valence-corrected chi connectivity index (χ2v) is 5.81. The number of para-hydroxylation sites is 1. The van der Waals surface area contributed by atoms with Crippen LogP contribution in [0.2, 0.25) is 0 Å². The van der Waals surface area contributed by atoms with Gasteiger partial charge in [0.2, 0.25) is 11.8 Å². The third kappa shape index (κ3) is 3.26. The first-order valence-electron chi connectivity index (χ1n) is 7.85. The summed E-state index contributed by atoms with van der Waals surface area (Å²) in [5, 5.41) is 2.90. The van der Waals surface area contributed by atoms with Crippen LogP contribution in [0.1, 0.15) is 17.5 Å². The van der Waals surface area contributed by atoms with E-state index in [2.05, 4.69) is 5.32 Å². The van der Waals surface area contributed by atoms with Crippen molar-refractivity contribution in [2.24, 2.45) is 5.92 Å². The first kappa shape index (κ1) is 15.3. The molecular formula is C19H20N2O2. The summed E-state index contributed by atoms with van der Waals surface area (Å²) in [6.07, 6.45) is 0.563. The number of aryl methyl sites for hydroxylation is 1. The second kappa shape index (κ2) is 6.65. The van der Waals surface area contributed by atoms with Crippen LogP contribution in [-0.4, -0.2) is 18.4 Å². The summed E-state index contributed by atoms with van der Waals surface area (Å²) >= 11 is 0. The fourth-order valence-corrected chi connectivity index (χ4v) is 2.90. The lowest BCUT2D eigenvalue weighted by atomic mass is 10.1. The summed E-state index contributed by atoms with van der Waals surface area (Å²) in [5.74, 6) is -0.880. The van der Waals surface area contributed by atoms with Crippen molar-refractivity contribution in [1.29, 1.82) is 0 Å². The van der Waals surface area contributed by atoms with Crippen molar-refractivity contribution in [3.8, 4) is 0 Å². The number of hydrogen-bond acceptors (Lipinski definition) is 2. The number of nitrogens with zero attached hydrogens (tertiary/aromatic N) is 1. The van der Waals surface area contributed by atoms with E-state index < -0.39 is 5.92 Å². The molecule has 1 saturated heterocycles. The predicted octanol–water partition coefficient (Wildman–Crippen LogP) is 2.66. The number of carbonyl (C=O) groups is 2. The van der Waals surface area contributed by atoms with E-state index in [9.17, 15) is 9.59 Å². The van der Waals surface area contributed by atoms with Crippen molar-refractivity contribution in [3.63, 3.8) is 0 Å². The third-order valence-corrected chi connectivity index (χ3v) is 4.30. The Morgan fingerprint density at radius 2 is 1.83 bits per heavy atom. The molecule has 0 aromatic heterocycles. The minimum atomic E-state index is -0.584. The van der Waals surface area contributed by atoms with Crippen molar-refractivity contribution in [2.75, 3.05) is 11.4 Å². The molecule has 1 heterocycles. The van der Waals surface area contributed by atoms with Gasteiger partial charge in [-0.2, -0.15) is 0 Å². The molecule has 3 rings (SSSR count). The first-order chi connectivity index (χ1) is 11.2. The summed E-state index contributed by atoms with van der Waals surface area (Å²) in [5.41, 5.74) is 3.06. The zero-order valence-electron chi connectivity index (χ0n) is 13.2. The molecule has 0 radical (unpaired) electrons. The van der Waals surface area contributed by atoms with Gasteiger partial charge < -0.3 is 10.2 Å². The van der Waals surface area contributed by atoms with Crippen molar-refractivity contribution in [3.05, 3.63) is 65.7 Å². The second-order valence-electron chi connectivity index (χ2n) is 5.81. The summed E-state index contributed by atoms with van der Waals surface area (Å²) in [6, 6.07) is 17.4. The Kier molecular flexibility index (Phi) is 4.42. The van der Waals surface area contributed by atoms with Crippen molar-refractivity contribution >= 4 is 17.5 Å². The van der Waals surface area contributed by atoms with E-state index in [4.69, 9.17) is 0 Å². The fraction of sp³-hybridized carbons (Fsp3) is 0.263. The van der Waals surface area contributed by atoms with E-state index in [1.54, 1.807) is 4.90 Å². The van der Waals surface area contributed by atoms with E-state index in [-0.39, 0.29) is 11.8 Å². The topological polar surface area (TPSA) is 49.4 Å². The van der Waals surface area contributed by atoms with Crippen molar-refractivity contribution in [1.82, 2.24) is 5.32 Å². The molecule has 118 valence electrons. The molecular weight excluding hydrogens is 288 g/mol. The van der Waals surface area contributed by atoms with E-state index in [1.807, 2.05) is 61.5 Å². The Labute approximate surface area is 136 Å². The van der Waals surface area contributed by atoms with Gasteiger partial charge in [-0.05, 0) is 36.6 Å². The van der Waals surface area contributed by atoms with Crippen molar-refractivity contribution < 1.29 is 9.59 Å². The fourth-order valence-electron chi connectivity index (χ4n) is 2.90. The summed E-state index contributed by atoms with van der Waals surface area (Å²) in [6.45, 7) is 3.06. The molecule has 1 fully saturated rings. The maximum Gasteiger partial charge on any atom is 0.239 e. The average molecular weight is 308 g/mol. The van der Waals surface area contributed by atoms with Gasteiger partial charge in [-0.25, -0.2) is 0 Å². The molecule has 1 aliphatic rings. The molecule has 0 bridgehead atoms. The normalized spacial score (nSPS) is 17.3. The Hall–Kier alpha value is -2.62. The highest BCUT2D eigenvalue weighted by Crippen LogP contribution is 2.25. The van der Waals surface area contributed by atoms with Crippen LogP contribution in [0.25, 0.3) is 0 Å². The van der Waals surface area contributed by atoms with Crippen LogP contribution < -0.4 is 10.2 Å². The summed E-state index contributed by atoms with van der Waals surface area (Å²) in [4.78, 5) is 26.5. The van der Waals surface area contributed by atoms with Crippen molar-refractivity contribution in [2.45, 2.75) is 19.9 Å². The largest absolute Gasteiger partial charge is 0.351 e. The lowest BCUT2D eigenvalue weighted by Crippen LogP contribution is -2.36. The predicted molar refractivity (Wildman–Crippen MR) is 89.9 cm³/mol. The zero-order valence-corrected chi connectivity index (χ0v) is 13.2. The maximum atomic E-state index is 12.5. The highest BCUT2D eigenvalue weighted by atomic mass is 16.2. The number of anilines is 1. The average Bonchev–Trinajstić information content (AvgIpc) is 2.96. The Bertz CT molecular complexity index is 712. The van der Waals surface area contributed by atoms with Crippen LogP contribution in [0.5, 0.6) is 0 Å². The quantitative estimate of drug-likeness (QED) is 0.883. The lowest BCUT2D eigenvalue weighted by Gasteiger charge is -2.16. The van der Waals surface area contributed by atoms with Gasteiger partial charge in [0.25, 0.3) is 0 Å². The minimum Gasteiger partial charge on any atom is -0.351 e. The van der Waals surface area contributed by atoms with E-state index in [0.717, 1.165) is 16.8 Å². The van der Waals surface area contributed by atoms with Gasteiger partial charge in [0.05, 0.1) is 0 Å². The number of rotatable bonds is 4. The van der Waals surface area contributed by atoms with Gasteiger partial charge >= 0.3 is 0 Å². The minimum absolute atomic E-state index is 0.113. The molecule has 2 aromatic rings. The molecule has 1 N–H and O–H groups in total. The molecule has 23 heavy (non-hydrogen) atoms.